The molecule has 1 aromatic carbocycles. The van der Waals surface area contributed by atoms with Crippen LogP contribution in [0.15, 0.2) is 22.6 Å². The van der Waals surface area contributed by atoms with E-state index in [2.05, 4.69) is 4.98 Å². The fourth-order valence-corrected chi connectivity index (χ4v) is 1.55. The van der Waals surface area contributed by atoms with E-state index in [0.29, 0.717) is 23.2 Å². The van der Waals surface area contributed by atoms with E-state index in [4.69, 9.17) is 21.8 Å². The highest BCUT2D eigenvalue weighted by Crippen LogP contribution is 2.24. The maximum atomic E-state index is 5.88. The van der Waals surface area contributed by atoms with Crippen molar-refractivity contribution in [3.8, 4) is 0 Å². The number of benzene rings is 1. The zero-order chi connectivity index (χ0) is 11.7. The minimum atomic E-state index is 0.184. The lowest BCUT2D eigenvalue weighted by Crippen LogP contribution is -2.35. The summed E-state index contributed by atoms with van der Waals surface area (Å²) in [5.41, 5.74) is 7.09. The Labute approximate surface area is 99.0 Å². The van der Waals surface area contributed by atoms with Crippen LogP contribution in [0.5, 0.6) is 0 Å². The Kier molecular flexibility index (Phi) is 3.03. The van der Waals surface area contributed by atoms with Crippen molar-refractivity contribution in [1.82, 2.24) is 4.98 Å². The molecule has 2 rings (SSSR count). The zero-order valence-corrected chi connectivity index (χ0v) is 10.0. The van der Waals surface area contributed by atoms with Crippen LogP contribution in [0.2, 0.25) is 5.02 Å². The van der Waals surface area contributed by atoms with E-state index in [9.17, 15) is 0 Å². The van der Waals surface area contributed by atoms with Crippen molar-refractivity contribution in [2.24, 2.45) is 5.73 Å². The lowest BCUT2D eigenvalue weighted by molar-refractivity contribution is 0.551. The van der Waals surface area contributed by atoms with Crippen LogP contribution >= 0.6 is 11.6 Å². The Balaban J connectivity index is 2.39. The van der Waals surface area contributed by atoms with E-state index in [-0.39, 0.29) is 6.04 Å². The first-order valence-corrected chi connectivity index (χ1v) is 5.48. The number of nitrogens with zero attached hydrogens (tertiary/aromatic N) is 2. The smallest absolute Gasteiger partial charge is 0.298 e. The number of halogens is 1. The molecule has 1 atom stereocenters. The van der Waals surface area contributed by atoms with Gasteiger partial charge in [-0.25, -0.2) is 0 Å². The van der Waals surface area contributed by atoms with E-state index in [0.717, 1.165) is 5.52 Å². The summed E-state index contributed by atoms with van der Waals surface area (Å²) >= 11 is 5.88. The number of hydrogen-bond donors (Lipinski definition) is 1. The molecular formula is C11H14ClN3O. The second kappa shape index (κ2) is 4.31. The highest BCUT2D eigenvalue weighted by Gasteiger charge is 2.14. The van der Waals surface area contributed by atoms with Gasteiger partial charge in [0, 0.05) is 30.7 Å². The van der Waals surface area contributed by atoms with E-state index < -0.39 is 0 Å². The summed E-state index contributed by atoms with van der Waals surface area (Å²) in [6, 6.07) is 6.14. The molecule has 16 heavy (non-hydrogen) atoms. The van der Waals surface area contributed by atoms with Crippen LogP contribution in [0.3, 0.4) is 0 Å². The normalized spacial score (nSPS) is 13.0. The fourth-order valence-electron chi connectivity index (χ4n) is 1.38. The third kappa shape index (κ3) is 1.99. The Hall–Kier alpha value is -1.26. The number of aromatic nitrogens is 1. The van der Waals surface area contributed by atoms with Crippen molar-refractivity contribution < 1.29 is 4.42 Å². The lowest BCUT2D eigenvalue weighted by Gasteiger charge is -2.20. The number of anilines is 1. The quantitative estimate of drug-likeness (QED) is 0.893. The van der Waals surface area contributed by atoms with Crippen molar-refractivity contribution in [2.45, 2.75) is 13.0 Å². The summed E-state index contributed by atoms with van der Waals surface area (Å²) in [5, 5.41) is 0.643. The summed E-state index contributed by atoms with van der Waals surface area (Å²) < 4.78 is 5.61. The highest BCUT2D eigenvalue weighted by atomic mass is 35.5. The number of oxazole rings is 1. The molecule has 4 nitrogen and oxygen atoms in total. The van der Waals surface area contributed by atoms with E-state index in [1.165, 1.54) is 0 Å². The standard InChI is InChI=1S/C11H14ClN3O/c1-7(6-13)15(2)11-14-9-4-3-8(12)5-10(9)16-11/h3-5,7H,6,13H2,1-2H3. The molecular weight excluding hydrogens is 226 g/mol. The van der Waals surface area contributed by atoms with Crippen molar-refractivity contribution >= 4 is 28.7 Å². The van der Waals surface area contributed by atoms with Gasteiger partial charge in [0.1, 0.15) is 5.52 Å². The molecule has 1 heterocycles. The monoisotopic (exact) mass is 239 g/mol. The first-order chi connectivity index (χ1) is 7.61. The molecule has 0 radical (unpaired) electrons. The van der Waals surface area contributed by atoms with Gasteiger partial charge in [0.2, 0.25) is 0 Å². The molecule has 0 saturated heterocycles. The molecule has 0 amide bonds. The minimum absolute atomic E-state index is 0.184. The Morgan fingerprint density at radius 1 is 1.56 bits per heavy atom. The van der Waals surface area contributed by atoms with Crippen molar-refractivity contribution in [3.05, 3.63) is 23.2 Å². The molecule has 86 valence electrons. The number of likely N-dealkylation sites (N-methyl/N-ethyl adjacent to an activating group) is 1. The van der Waals surface area contributed by atoms with Crippen molar-refractivity contribution in [2.75, 3.05) is 18.5 Å². The molecule has 0 saturated carbocycles. The number of fused-ring (bicyclic) bond motifs is 1. The van der Waals surface area contributed by atoms with Gasteiger partial charge in [-0.05, 0) is 19.1 Å². The first-order valence-electron chi connectivity index (χ1n) is 5.11. The van der Waals surface area contributed by atoms with Crippen LogP contribution < -0.4 is 10.6 Å². The highest BCUT2D eigenvalue weighted by molar-refractivity contribution is 6.31. The average Bonchev–Trinajstić information content (AvgIpc) is 2.69. The Morgan fingerprint density at radius 2 is 2.31 bits per heavy atom. The summed E-state index contributed by atoms with van der Waals surface area (Å²) in [6.07, 6.45) is 0. The van der Waals surface area contributed by atoms with Crippen LogP contribution in [-0.4, -0.2) is 24.6 Å². The molecule has 5 heteroatoms. The molecule has 0 bridgehead atoms. The Morgan fingerprint density at radius 3 is 3.00 bits per heavy atom. The fraction of sp³-hybridized carbons (Fsp3) is 0.364. The SMILES string of the molecule is CC(CN)N(C)c1nc2ccc(Cl)cc2o1. The molecule has 2 aromatic rings. The van der Waals surface area contributed by atoms with Gasteiger partial charge in [-0.2, -0.15) is 4.98 Å². The third-order valence-corrected chi connectivity index (χ3v) is 2.88. The van der Waals surface area contributed by atoms with Gasteiger partial charge in [-0.3, -0.25) is 0 Å². The molecule has 1 unspecified atom stereocenters. The van der Waals surface area contributed by atoms with Gasteiger partial charge >= 0.3 is 0 Å². The minimum Gasteiger partial charge on any atom is -0.423 e. The Bertz CT molecular complexity index is 497. The van der Waals surface area contributed by atoms with Crippen LogP contribution in [0, 0.1) is 0 Å². The van der Waals surface area contributed by atoms with Crippen LogP contribution in [-0.2, 0) is 0 Å². The predicted molar refractivity (Wildman–Crippen MR) is 65.9 cm³/mol. The van der Waals surface area contributed by atoms with Gasteiger partial charge in [-0.1, -0.05) is 11.6 Å². The van der Waals surface area contributed by atoms with E-state index in [1.807, 2.05) is 24.9 Å². The van der Waals surface area contributed by atoms with Crippen LogP contribution in [0.1, 0.15) is 6.92 Å². The molecule has 0 aliphatic heterocycles. The van der Waals surface area contributed by atoms with Crippen molar-refractivity contribution in [1.29, 1.82) is 0 Å². The molecule has 0 aliphatic carbocycles. The van der Waals surface area contributed by atoms with Gasteiger partial charge in [0.15, 0.2) is 5.58 Å². The van der Waals surface area contributed by atoms with Gasteiger partial charge < -0.3 is 15.1 Å². The molecule has 0 spiro atoms. The summed E-state index contributed by atoms with van der Waals surface area (Å²) in [4.78, 5) is 6.28. The second-order valence-corrected chi connectivity index (χ2v) is 4.24. The van der Waals surface area contributed by atoms with Crippen LogP contribution in [0.4, 0.5) is 6.01 Å². The zero-order valence-electron chi connectivity index (χ0n) is 9.27. The summed E-state index contributed by atoms with van der Waals surface area (Å²) in [7, 11) is 1.91. The number of nitrogens with two attached hydrogens (primary N) is 1. The van der Waals surface area contributed by atoms with Crippen molar-refractivity contribution in [3.63, 3.8) is 0 Å². The van der Waals surface area contributed by atoms with E-state index >= 15 is 0 Å². The van der Waals surface area contributed by atoms with Gasteiger partial charge in [-0.15, -0.1) is 0 Å². The molecule has 0 fully saturated rings. The van der Waals surface area contributed by atoms with Crippen LogP contribution in [0.25, 0.3) is 11.1 Å². The lowest BCUT2D eigenvalue weighted by atomic mass is 10.3. The topological polar surface area (TPSA) is 55.3 Å². The first kappa shape index (κ1) is 11.2. The van der Waals surface area contributed by atoms with E-state index in [1.54, 1.807) is 12.1 Å². The maximum Gasteiger partial charge on any atom is 0.298 e. The largest absolute Gasteiger partial charge is 0.423 e. The number of hydrogen-bond acceptors (Lipinski definition) is 4. The predicted octanol–water partition coefficient (Wildman–Crippen LogP) is 2.26. The second-order valence-electron chi connectivity index (χ2n) is 3.80. The summed E-state index contributed by atoms with van der Waals surface area (Å²) in [6.45, 7) is 2.57. The van der Waals surface area contributed by atoms with Gasteiger partial charge in [0.05, 0.1) is 0 Å². The number of rotatable bonds is 3. The summed E-state index contributed by atoms with van der Waals surface area (Å²) in [5.74, 6) is 0. The molecule has 0 aliphatic rings. The maximum absolute atomic E-state index is 5.88. The third-order valence-electron chi connectivity index (χ3n) is 2.64. The molecule has 2 N–H and O–H groups in total. The van der Waals surface area contributed by atoms with Gasteiger partial charge in [0.25, 0.3) is 6.01 Å². The molecule has 1 aromatic heterocycles. The average molecular weight is 240 g/mol.